The van der Waals surface area contributed by atoms with E-state index in [4.69, 9.17) is 18.6 Å². The first-order chi connectivity index (χ1) is 15.1. The molecule has 158 valence electrons. The average Bonchev–Trinajstić information content (AvgIpc) is 3.35. The Morgan fingerprint density at radius 2 is 1.94 bits per heavy atom. The number of benzene rings is 2. The van der Waals surface area contributed by atoms with Crippen LogP contribution in [-0.4, -0.2) is 31.1 Å². The lowest BCUT2D eigenvalue weighted by Gasteiger charge is -2.29. The quantitative estimate of drug-likeness (QED) is 0.565. The van der Waals surface area contributed by atoms with Crippen LogP contribution < -0.4 is 14.2 Å². The number of hydrogen-bond acceptors (Lipinski definition) is 6. The van der Waals surface area contributed by atoms with Gasteiger partial charge >= 0.3 is 0 Å². The van der Waals surface area contributed by atoms with Gasteiger partial charge in [-0.25, -0.2) is 0 Å². The van der Waals surface area contributed by atoms with Gasteiger partial charge in [0.1, 0.15) is 35.5 Å². The van der Waals surface area contributed by atoms with Crippen LogP contribution in [0, 0.1) is 6.92 Å². The molecule has 31 heavy (non-hydrogen) atoms. The zero-order valence-corrected chi connectivity index (χ0v) is 17.5. The number of Topliss-reactive ketones (excluding diaryl/α,β-unsaturated/α-hetero) is 1. The Hall–Kier alpha value is -3.51. The monoisotopic (exact) mass is 417 g/mol. The molecular formula is C25H23NO5. The molecule has 0 atom stereocenters. The van der Waals surface area contributed by atoms with E-state index in [1.54, 1.807) is 19.3 Å². The van der Waals surface area contributed by atoms with Crippen molar-refractivity contribution in [2.24, 2.45) is 0 Å². The summed E-state index contributed by atoms with van der Waals surface area (Å²) in [5.74, 6) is 3.72. The Balaban J connectivity index is 1.33. The van der Waals surface area contributed by atoms with Crippen molar-refractivity contribution < 1.29 is 23.4 Å². The van der Waals surface area contributed by atoms with Gasteiger partial charge in [-0.3, -0.25) is 9.69 Å². The van der Waals surface area contributed by atoms with Gasteiger partial charge in [-0.05, 0) is 55.3 Å². The number of allylic oxidation sites excluding steroid dienone is 1. The largest absolute Gasteiger partial charge is 0.497 e. The Morgan fingerprint density at radius 1 is 1.10 bits per heavy atom. The van der Waals surface area contributed by atoms with Crippen LogP contribution in [0.25, 0.3) is 6.08 Å². The van der Waals surface area contributed by atoms with Gasteiger partial charge in [0.2, 0.25) is 5.78 Å². The highest BCUT2D eigenvalue weighted by molar-refractivity contribution is 6.14. The molecule has 6 nitrogen and oxygen atoms in total. The van der Waals surface area contributed by atoms with Gasteiger partial charge in [0, 0.05) is 19.2 Å². The lowest BCUT2D eigenvalue weighted by Crippen LogP contribution is -2.33. The fraction of sp³-hybridized carbons (Fsp3) is 0.240. The van der Waals surface area contributed by atoms with E-state index in [9.17, 15) is 4.79 Å². The van der Waals surface area contributed by atoms with Gasteiger partial charge in [-0.1, -0.05) is 12.1 Å². The topological polar surface area (TPSA) is 61.1 Å². The molecule has 0 spiro atoms. The molecule has 0 fully saturated rings. The standard InChI is InChI=1S/C25H23NO5/c1-16-3-6-19(30-16)13-23-24(27)20-9-10-22-21(25(20)31-23)14-26(15-29-22)12-11-17-4-7-18(28-2)8-5-17/h3-10,13H,11-12,14-15H2,1-2H3/b23-13-. The summed E-state index contributed by atoms with van der Waals surface area (Å²) in [5.41, 5.74) is 2.70. The summed E-state index contributed by atoms with van der Waals surface area (Å²) in [4.78, 5) is 15.0. The predicted octanol–water partition coefficient (Wildman–Crippen LogP) is 4.61. The van der Waals surface area contributed by atoms with Gasteiger partial charge in [0.05, 0.1) is 18.2 Å². The van der Waals surface area contributed by atoms with Gasteiger partial charge in [0.15, 0.2) is 5.76 Å². The second-order valence-corrected chi connectivity index (χ2v) is 7.73. The van der Waals surface area contributed by atoms with Gasteiger partial charge < -0.3 is 18.6 Å². The molecule has 0 amide bonds. The molecule has 6 heteroatoms. The maximum absolute atomic E-state index is 12.8. The molecule has 2 aliphatic rings. The number of hydrogen-bond donors (Lipinski definition) is 0. The maximum atomic E-state index is 12.8. The highest BCUT2D eigenvalue weighted by atomic mass is 16.5. The van der Waals surface area contributed by atoms with Crippen LogP contribution in [-0.2, 0) is 13.0 Å². The van der Waals surface area contributed by atoms with Crippen molar-refractivity contribution in [2.75, 3.05) is 20.4 Å². The van der Waals surface area contributed by atoms with Crippen LogP contribution >= 0.6 is 0 Å². The van der Waals surface area contributed by atoms with Gasteiger partial charge in [-0.15, -0.1) is 0 Å². The summed E-state index contributed by atoms with van der Waals surface area (Å²) >= 11 is 0. The lowest BCUT2D eigenvalue weighted by molar-refractivity contribution is 0.0949. The van der Waals surface area contributed by atoms with Crippen molar-refractivity contribution in [1.29, 1.82) is 0 Å². The van der Waals surface area contributed by atoms with Crippen molar-refractivity contribution in [2.45, 2.75) is 19.9 Å². The van der Waals surface area contributed by atoms with Crippen molar-refractivity contribution >= 4 is 11.9 Å². The van der Waals surface area contributed by atoms with E-state index >= 15 is 0 Å². The first-order valence-electron chi connectivity index (χ1n) is 10.3. The summed E-state index contributed by atoms with van der Waals surface area (Å²) in [6.07, 6.45) is 2.54. The Labute approximate surface area is 180 Å². The molecule has 0 radical (unpaired) electrons. The minimum atomic E-state index is -0.137. The van der Waals surface area contributed by atoms with Gasteiger partial charge in [-0.2, -0.15) is 0 Å². The third kappa shape index (κ3) is 3.82. The van der Waals surface area contributed by atoms with Crippen LogP contribution in [0.3, 0.4) is 0 Å². The van der Waals surface area contributed by atoms with E-state index in [2.05, 4.69) is 17.0 Å². The molecule has 0 N–H and O–H groups in total. The number of ether oxygens (including phenoxy) is 3. The number of rotatable bonds is 5. The zero-order chi connectivity index (χ0) is 21.4. The summed E-state index contributed by atoms with van der Waals surface area (Å²) in [7, 11) is 1.67. The minimum Gasteiger partial charge on any atom is -0.497 e. The molecule has 1 aromatic heterocycles. The van der Waals surface area contributed by atoms with Gasteiger partial charge in [0.25, 0.3) is 0 Å². The molecule has 2 aromatic carbocycles. The highest BCUT2D eigenvalue weighted by Gasteiger charge is 2.33. The second kappa shape index (κ2) is 7.96. The summed E-state index contributed by atoms with van der Waals surface area (Å²) in [6, 6.07) is 15.4. The van der Waals surface area contributed by atoms with Crippen LogP contribution in [0.4, 0.5) is 0 Å². The molecule has 0 unspecified atom stereocenters. The van der Waals surface area contributed by atoms with E-state index in [0.29, 0.717) is 30.3 Å². The Kier molecular flexibility index (Phi) is 5.00. The van der Waals surface area contributed by atoms with Crippen molar-refractivity contribution in [3.05, 3.63) is 82.5 Å². The van der Waals surface area contributed by atoms with E-state index in [0.717, 1.165) is 35.8 Å². The molecule has 0 aliphatic carbocycles. The molecule has 0 saturated carbocycles. The van der Waals surface area contributed by atoms with E-state index in [1.165, 1.54) is 5.56 Å². The smallest absolute Gasteiger partial charge is 0.232 e. The maximum Gasteiger partial charge on any atom is 0.232 e. The SMILES string of the molecule is COc1ccc(CCN2COc3ccc4c(c3C2)O/C(=C\c2ccc(C)o2)C4=O)cc1. The third-order valence-electron chi connectivity index (χ3n) is 5.59. The Bertz CT molecular complexity index is 1160. The molecule has 2 aliphatic heterocycles. The van der Waals surface area contributed by atoms with Crippen LogP contribution in [0.2, 0.25) is 0 Å². The number of fused-ring (bicyclic) bond motifs is 3. The molecule has 3 aromatic rings. The van der Waals surface area contributed by atoms with Crippen LogP contribution in [0.15, 0.2) is 58.7 Å². The molecule has 3 heterocycles. The molecular weight excluding hydrogens is 394 g/mol. The summed E-state index contributed by atoms with van der Waals surface area (Å²) in [6.45, 7) is 3.86. The predicted molar refractivity (Wildman–Crippen MR) is 115 cm³/mol. The van der Waals surface area contributed by atoms with E-state index in [-0.39, 0.29) is 11.5 Å². The third-order valence-corrected chi connectivity index (χ3v) is 5.59. The normalized spacial score (nSPS) is 16.6. The van der Waals surface area contributed by atoms with E-state index < -0.39 is 0 Å². The highest BCUT2D eigenvalue weighted by Crippen LogP contribution is 2.42. The fourth-order valence-corrected chi connectivity index (χ4v) is 3.89. The number of carbonyl (C=O) groups excluding carboxylic acids is 1. The second-order valence-electron chi connectivity index (χ2n) is 7.73. The number of nitrogens with zero attached hydrogens (tertiary/aromatic N) is 1. The minimum absolute atomic E-state index is 0.137. The molecule has 0 bridgehead atoms. The average molecular weight is 417 g/mol. The number of furan rings is 1. The van der Waals surface area contributed by atoms with Crippen molar-refractivity contribution in [1.82, 2.24) is 4.90 Å². The van der Waals surface area contributed by atoms with Crippen molar-refractivity contribution in [3.8, 4) is 17.2 Å². The Morgan fingerprint density at radius 3 is 2.68 bits per heavy atom. The first kappa shape index (κ1) is 19.5. The van der Waals surface area contributed by atoms with Crippen LogP contribution in [0.5, 0.6) is 17.2 Å². The number of aryl methyl sites for hydroxylation is 1. The fourth-order valence-electron chi connectivity index (χ4n) is 3.89. The van der Waals surface area contributed by atoms with E-state index in [1.807, 2.05) is 37.3 Å². The zero-order valence-electron chi connectivity index (χ0n) is 17.5. The summed E-state index contributed by atoms with van der Waals surface area (Å²) < 4.78 is 22.7. The molecule has 0 saturated heterocycles. The number of ketones is 1. The number of methoxy groups -OCH3 is 1. The lowest BCUT2D eigenvalue weighted by atomic mass is 10.0. The molecule has 5 rings (SSSR count). The number of carbonyl (C=O) groups is 1. The van der Waals surface area contributed by atoms with Crippen molar-refractivity contribution in [3.63, 3.8) is 0 Å². The summed E-state index contributed by atoms with van der Waals surface area (Å²) in [5, 5.41) is 0. The first-order valence-corrected chi connectivity index (χ1v) is 10.3. The van der Waals surface area contributed by atoms with Crippen LogP contribution in [0.1, 0.15) is 33.0 Å².